The quantitative estimate of drug-likeness (QED) is 0.698. The van der Waals surface area contributed by atoms with Crippen LogP contribution in [0.25, 0.3) is 0 Å². The van der Waals surface area contributed by atoms with E-state index in [2.05, 4.69) is 22.9 Å². The smallest absolute Gasteiger partial charge is 0.0703 e. The van der Waals surface area contributed by atoms with Gasteiger partial charge in [-0.15, -0.1) is 0 Å². The minimum absolute atomic E-state index is 0.502. The van der Waals surface area contributed by atoms with Gasteiger partial charge in [0.15, 0.2) is 0 Å². The summed E-state index contributed by atoms with van der Waals surface area (Å²) in [5, 5.41) is 0. The van der Waals surface area contributed by atoms with Gasteiger partial charge in [-0.05, 0) is 38.0 Å². The highest BCUT2D eigenvalue weighted by molar-refractivity contribution is 9.09. The van der Waals surface area contributed by atoms with Crippen molar-refractivity contribution in [3.8, 4) is 0 Å². The average molecular weight is 275 g/mol. The van der Waals surface area contributed by atoms with Gasteiger partial charge in [0.05, 0.1) is 12.2 Å². The van der Waals surface area contributed by atoms with Crippen LogP contribution in [0.15, 0.2) is 0 Å². The lowest BCUT2D eigenvalue weighted by atomic mass is 9.84. The van der Waals surface area contributed by atoms with Gasteiger partial charge in [0, 0.05) is 4.83 Å². The molecular weight excluding hydrogens is 252 g/mol. The average Bonchev–Trinajstić information content (AvgIpc) is 2.65. The minimum Gasteiger partial charge on any atom is -0.374 e. The van der Waals surface area contributed by atoms with Crippen molar-refractivity contribution in [3.05, 3.63) is 0 Å². The van der Waals surface area contributed by atoms with Crippen LogP contribution in [0.3, 0.4) is 0 Å². The third-order valence-corrected chi connectivity index (χ3v) is 5.13. The van der Waals surface area contributed by atoms with Crippen LogP contribution in [0, 0.1) is 5.92 Å². The van der Waals surface area contributed by atoms with Gasteiger partial charge in [-0.3, -0.25) is 0 Å². The molecule has 0 amide bonds. The van der Waals surface area contributed by atoms with Gasteiger partial charge < -0.3 is 4.74 Å². The Morgan fingerprint density at radius 2 is 1.73 bits per heavy atom. The van der Waals surface area contributed by atoms with E-state index in [0.29, 0.717) is 17.0 Å². The number of ether oxygens (including phenoxy) is 1. The van der Waals surface area contributed by atoms with Gasteiger partial charge in [0.25, 0.3) is 0 Å². The molecule has 0 radical (unpaired) electrons. The van der Waals surface area contributed by atoms with Gasteiger partial charge in [-0.2, -0.15) is 0 Å². The maximum atomic E-state index is 6.32. The second-order valence-electron chi connectivity index (χ2n) is 5.11. The van der Waals surface area contributed by atoms with Crippen LogP contribution in [-0.2, 0) is 4.74 Å². The number of halogens is 1. The first-order valence-corrected chi connectivity index (χ1v) is 7.52. The van der Waals surface area contributed by atoms with Crippen molar-refractivity contribution in [2.75, 3.05) is 0 Å². The second-order valence-corrected chi connectivity index (χ2v) is 6.29. The highest BCUT2D eigenvalue weighted by Gasteiger charge is 2.32. The molecule has 4 unspecified atom stereocenters. The summed E-state index contributed by atoms with van der Waals surface area (Å²) >= 11 is 3.75. The largest absolute Gasteiger partial charge is 0.374 e. The monoisotopic (exact) mass is 274 g/mol. The fourth-order valence-electron chi connectivity index (χ4n) is 3.08. The maximum Gasteiger partial charge on any atom is 0.0703 e. The summed E-state index contributed by atoms with van der Waals surface area (Å²) in [7, 11) is 0. The predicted molar refractivity (Wildman–Crippen MR) is 67.5 cm³/mol. The van der Waals surface area contributed by atoms with E-state index in [-0.39, 0.29) is 0 Å². The Kier molecular flexibility index (Phi) is 4.51. The van der Waals surface area contributed by atoms with Gasteiger partial charge in [-0.1, -0.05) is 42.1 Å². The Morgan fingerprint density at radius 3 is 2.40 bits per heavy atom. The standard InChI is InChI=1S/C13H23BrO/c1-2-10-6-3-4-8-12(10)15-13-9-5-7-11(13)14/h10-13H,2-9H2,1H3. The molecule has 0 saturated heterocycles. The molecule has 2 fully saturated rings. The fourth-order valence-corrected chi connectivity index (χ4v) is 3.79. The number of hydrogen-bond acceptors (Lipinski definition) is 1. The molecule has 2 aliphatic carbocycles. The van der Waals surface area contributed by atoms with E-state index in [1.54, 1.807) is 0 Å². The van der Waals surface area contributed by atoms with Crippen LogP contribution in [0.1, 0.15) is 58.3 Å². The third-order valence-electron chi connectivity index (χ3n) is 4.09. The lowest BCUT2D eigenvalue weighted by molar-refractivity contribution is -0.0547. The van der Waals surface area contributed by atoms with Gasteiger partial charge in [0.2, 0.25) is 0 Å². The van der Waals surface area contributed by atoms with Crippen LogP contribution in [0.4, 0.5) is 0 Å². The molecule has 0 heterocycles. The molecule has 2 saturated carbocycles. The second kappa shape index (κ2) is 5.67. The zero-order chi connectivity index (χ0) is 10.7. The Morgan fingerprint density at radius 1 is 1.00 bits per heavy atom. The van der Waals surface area contributed by atoms with Crippen molar-refractivity contribution in [2.45, 2.75) is 75.3 Å². The first-order valence-electron chi connectivity index (χ1n) is 6.60. The summed E-state index contributed by atoms with van der Waals surface area (Å²) in [6.45, 7) is 2.31. The van der Waals surface area contributed by atoms with Crippen LogP contribution in [-0.4, -0.2) is 17.0 Å². The number of hydrogen-bond donors (Lipinski definition) is 0. The van der Waals surface area contributed by atoms with E-state index in [1.165, 1.54) is 51.4 Å². The van der Waals surface area contributed by atoms with Crippen molar-refractivity contribution in [1.82, 2.24) is 0 Å². The van der Waals surface area contributed by atoms with Crippen molar-refractivity contribution in [1.29, 1.82) is 0 Å². The molecule has 88 valence electrons. The Bertz CT molecular complexity index is 195. The molecule has 1 nitrogen and oxygen atoms in total. The van der Waals surface area contributed by atoms with Gasteiger partial charge in [0.1, 0.15) is 0 Å². The van der Waals surface area contributed by atoms with E-state index in [4.69, 9.17) is 4.74 Å². The van der Waals surface area contributed by atoms with Crippen molar-refractivity contribution in [2.24, 2.45) is 5.92 Å². The molecule has 0 bridgehead atoms. The summed E-state index contributed by atoms with van der Waals surface area (Å²) in [5.41, 5.74) is 0. The molecule has 2 aliphatic rings. The first-order chi connectivity index (χ1) is 7.31. The molecular formula is C13H23BrO. The third kappa shape index (κ3) is 2.97. The van der Waals surface area contributed by atoms with Crippen LogP contribution < -0.4 is 0 Å². The highest BCUT2D eigenvalue weighted by Crippen LogP contribution is 2.35. The molecule has 4 atom stereocenters. The summed E-state index contributed by atoms with van der Waals surface area (Å²) in [6.07, 6.45) is 11.7. The SMILES string of the molecule is CCC1CCCCC1OC1CCCC1Br. The fraction of sp³-hybridized carbons (Fsp3) is 1.00. The van der Waals surface area contributed by atoms with Crippen molar-refractivity contribution < 1.29 is 4.74 Å². The molecule has 0 aromatic rings. The maximum absolute atomic E-state index is 6.32. The topological polar surface area (TPSA) is 9.23 Å². The van der Waals surface area contributed by atoms with E-state index < -0.39 is 0 Å². The molecule has 15 heavy (non-hydrogen) atoms. The zero-order valence-corrected chi connectivity index (χ0v) is 11.3. The molecule has 0 aromatic carbocycles. The Hall–Kier alpha value is 0.440. The minimum atomic E-state index is 0.502. The van der Waals surface area contributed by atoms with E-state index in [0.717, 1.165) is 5.92 Å². The zero-order valence-electron chi connectivity index (χ0n) is 9.75. The molecule has 0 N–H and O–H groups in total. The Balaban J connectivity index is 1.85. The lowest BCUT2D eigenvalue weighted by Gasteiger charge is -2.33. The number of alkyl halides is 1. The lowest BCUT2D eigenvalue weighted by Crippen LogP contribution is -2.33. The number of rotatable bonds is 3. The molecule has 2 rings (SSSR count). The van der Waals surface area contributed by atoms with Crippen LogP contribution in [0.2, 0.25) is 0 Å². The Labute approximate surface area is 102 Å². The molecule has 0 aliphatic heterocycles. The molecule has 2 heteroatoms. The van der Waals surface area contributed by atoms with Crippen LogP contribution >= 0.6 is 15.9 Å². The van der Waals surface area contributed by atoms with Gasteiger partial charge >= 0.3 is 0 Å². The van der Waals surface area contributed by atoms with E-state index in [1.807, 2.05) is 0 Å². The van der Waals surface area contributed by atoms with Crippen molar-refractivity contribution in [3.63, 3.8) is 0 Å². The first kappa shape index (κ1) is 11.9. The summed E-state index contributed by atoms with van der Waals surface area (Å²) in [4.78, 5) is 0.622. The van der Waals surface area contributed by atoms with E-state index >= 15 is 0 Å². The highest BCUT2D eigenvalue weighted by atomic mass is 79.9. The van der Waals surface area contributed by atoms with Crippen LogP contribution in [0.5, 0.6) is 0 Å². The molecule has 0 aromatic heterocycles. The normalized spacial score (nSPS) is 42.0. The molecule has 0 spiro atoms. The van der Waals surface area contributed by atoms with E-state index in [9.17, 15) is 0 Å². The van der Waals surface area contributed by atoms with Gasteiger partial charge in [-0.25, -0.2) is 0 Å². The summed E-state index contributed by atoms with van der Waals surface area (Å²) < 4.78 is 6.32. The van der Waals surface area contributed by atoms with Crippen molar-refractivity contribution >= 4 is 15.9 Å². The summed E-state index contributed by atoms with van der Waals surface area (Å²) in [5.74, 6) is 0.832. The summed E-state index contributed by atoms with van der Waals surface area (Å²) in [6, 6.07) is 0. The predicted octanol–water partition coefficient (Wildman–Crippen LogP) is 4.29.